The van der Waals surface area contributed by atoms with Crippen LogP contribution < -0.4 is 5.32 Å². The first-order valence-electron chi connectivity index (χ1n) is 15.3. The summed E-state index contributed by atoms with van der Waals surface area (Å²) in [6.45, 7) is 18.6. The van der Waals surface area contributed by atoms with E-state index in [0.717, 1.165) is 48.4 Å². The van der Waals surface area contributed by atoms with E-state index in [4.69, 9.17) is 16.7 Å². The molecule has 1 unspecified atom stereocenters. The fourth-order valence-electron chi connectivity index (χ4n) is 5.30. The molecule has 1 aliphatic rings. The number of allylic oxidation sites excluding steroid dienone is 1. The molecule has 0 aliphatic carbocycles. The number of carbonyl (C=O) groups excluding carboxylic acids is 1. The van der Waals surface area contributed by atoms with Gasteiger partial charge in [-0.15, -0.1) is 0 Å². The average Bonchev–Trinajstić information content (AvgIpc) is 2.95. The summed E-state index contributed by atoms with van der Waals surface area (Å²) in [7, 11) is 0. The van der Waals surface area contributed by atoms with E-state index >= 15 is 0 Å². The number of amides is 1. The normalized spacial score (nSPS) is 16.2. The number of nitrogens with zero attached hydrogens (tertiary/aromatic N) is 4. The zero-order valence-corrected chi connectivity index (χ0v) is 27.7. The van der Waals surface area contributed by atoms with E-state index in [1.54, 1.807) is 4.90 Å². The number of aliphatic hydroxyl groups is 1. The van der Waals surface area contributed by atoms with Crippen molar-refractivity contribution in [1.29, 1.82) is 0 Å². The number of hydrazone groups is 1. The number of alkyl halides is 2. The molecule has 0 aromatic heterocycles. The van der Waals surface area contributed by atoms with Gasteiger partial charge in [-0.1, -0.05) is 88.7 Å². The zero-order valence-electron chi connectivity index (χ0n) is 26.9. The van der Waals surface area contributed by atoms with Crippen LogP contribution >= 0.6 is 11.6 Å². The summed E-state index contributed by atoms with van der Waals surface area (Å²) in [5.74, 6) is -3.11. The monoisotopic (exact) mass is 629 g/mol. The van der Waals surface area contributed by atoms with Gasteiger partial charge >= 0.3 is 0 Å². The molecular formula is C34H46ClF2N5O2. The van der Waals surface area contributed by atoms with Gasteiger partial charge in [0.2, 0.25) is 5.91 Å². The standard InChI is InChI=1S/C34H46ClF2N5O2/c1-9-18-40(19-10-2)32-29(11-3)41(21-30(43)38-28-17-16-26(20-27(28)35)34(8,36)37)24(7)42(33(32)44)39-31(22(4)5)25-14-12-23(6)13-15-25/h12-17,20,22,33,44H,7,9-11,18-19,21H2,1-6,8H3,(H,38,43)/b39-31+. The maximum absolute atomic E-state index is 13.8. The number of nitrogens with one attached hydrogen (secondary N) is 1. The fraction of sp³-hybridized carbons (Fsp3) is 0.471. The van der Waals surface area contributed by atoms with E-state index < -0.39 is 18.1 Å². The SMILES string of the molecule is C=C1N(CC(=O)Nc2ccc(C(C)(F)F)cc2Cl)C(CC)=C(N(CCC)CCC)C(O)N1/N=C(/c1ccc(C)cc1)C(C)C. The van der Waals surface area contributed by atoms with Gasteiger partial charge in [-0.3, -0.25) is 4.79 Å². The highest BCUT2D eigenvalue weighted by atomic mass is 35.5. The minimum atomic E-state index is -3.06. The van der Waals surface area contributed by atoms with Gasteiger partial charge in [-0.05, 0) is 49.8 Å². The predicted molar refractivity (Wildman–Crippen MR) is 175 cm³/mol. The number of carbonyl (C=O) groups is 1. The number of halogens is 3. The molecule has 1 amide bonds. The number of rotatable bonds is 13. The minimum Gasteiger partial charge on any atom is -0.370 e. The van der Waals surface area contributed by atoms with Crippen molar-refractivity contribution in [3.8, 4) is 0 Å². The Kier molecular flexibility index (Phi) is 12.0. The minimum absolute atomic E-state index is 0.0141. The highest BCUT2D eigenvalue weighted by Crippen LogP contribution is 2.36. The molecule has 44 heavy (non-hydrogen) atoms. The van der Waals surface area contributed by atoms with Crippen molar-refractivity contribution in [2.24, 2.45) is 11.0 Å². The Bertz CT molecular complexity index is 1380. The van der Waals surface area contributed by atoms with Gasteiger partial charge in [-0.25, -0.2) is 13.8 Å². The van der Waals surface area contributed by atoms with E-state index in [0.29, 0.717) is 31.0 Å². The second-order valence-corrected chi connectivity index (χ2v) is 11.9. The molecule has 0 saturated heterocycles. The van der Waals surface area contributed by atoms with E-state index in [-0.39, 0.29) is 28.7 Å². The lowest BCUT2D eigenvalue weighted by molar-refractivity contribution is -0.117. The molecule has 10 heteroatoms. The van der Waals surface area contributed by atoms with Crippen LogP contribution in [0.25, 0.3) is 0 Å². The highest BCUT2D eigenvalue weighted by Gasteiger charge is 2.38. The molecule has 2 aromatic carbocycles. The quantitative estimate of drug-likeness (QED) is 0.220. The maximum atomic E-state index is 13.8. The van der Waals surface area contributed by atoms with Crippen LogP contribution in [-0.2, 0) is 10.7 Å². The van der Waals surface area contributed by atoms with Gasteiger partial charge in [0, 0.05) is 31.3 Å². The van der Waals surface area contributed by atoms with Crippen LogP contribution in [0.3, 0.4) is 0 Å². The van der Waals surface area contributed by atoms with Crippen molar-refractivity contribution in [3.05, 3.63) is 88.0 Å². The van der Waals surface area contributed by atoms with E-state index in [2.05, 4.69) is 30.6 Å². The molecular weight excluding hydrogens is 584 g/mol. The average molecular weight is 630 g/mol. The largest absolute Gasteiger partial charge is 0.370 e. The van der Waals surface area contributed by atoms with Crippen LogP contribution in [0.4, 0.5) is 14.5 Å². The molecule has 3 rings (SSSR count). The summed E-state index contributed by atoms with van der Waals surface area (Å²) in [4.78, 5) is 17.4. The Morgan fingerprint density at radius 1 is 1.14 bits per heavy atom. The van der Waals surface area contributed by atoms with Crippen molar-refractivity contribution in [3.63, 3.8) is 0 Å². The third-order valence-corrected chi connectivity index (χ3v) is 7.81. The number of aryl methyl sites for hydroxylation is 1. The second kappa shape index (κ2) is 15.0. The molecule has 7 nitrogen and oxygen atoms in total. The molecule has 240 valence electrons. The smallest absolute Gasteiger partial charge is 0.270 e. The van der Waals surface area contributed by atoms with E-state index in [1.165, 1.54) is 17.1 Å². The second-order valence-electron chi connectivity index (χ2n) is 11.5. The molecule has 0 radical (unpaired) electrons. The van der Waals surface area contributed by atoms with Gasteiger partial charge in [0.25, 0.3) is 5.92 Å². The van der Waals surface area contributed by atoms with Crippen molar-refractivity contribution in [1.82, 2.24) is 14.8 Å². The molecule has 1 heterocycles. The Labute approximate surface area is 265 Å². The molecule has 1 aliphatic heterocycles. The van der Waals surface area contributed by atoms with Crippen molar-refractivity contribution >= 4 is 28.9 Å². The van der Waals surface area contributed by atoms with Gasteiger partial charge < -0.3 is 20.2 Å². The molecule has 0 spiro atoms. The number of benzene rings is 2. The first-order chi connectivity index (χ1) is 20.7. The summed E-state index contributed by atoms with van der Waals surface area (Å²) in [6, 6.07) is 11.8. The molecule has 0 fully saturated rings. The summed E-state index contributed by atoms with van der Waals surface area (Å²) >= 11 is 6.28. The summed E-state index contributed by atoms with van der Waals surface area (Å²) < 4.78 is 27.6. The molecule has 0 bridgehead atoms. The Hall–Kier alpha value is -3.43. The number of anilines is 1. The van der Waals surface area contributed by atoms with Crippen LogP contribution in [0.1, 0.15) is 77.5 Å². The predicted octanol–water partition coefficient (Wildman–Crippen LogP) is 7.91. The summed E-state index contributed by atoms with van der Waals surface area (Å²) in [6.07, 6.45) is 1.14. The van der Waals surface area contributed by atoms with Crippen molar-refractivity contribution < 1.29 is 18.7 Å². The van der Waals surface area contributed by atoms with Gasteiger partial charge in [0.05, 0.1) is 22.1 Å². The first-order valence-corrected chi connectivity index (χ1v) is 15.7. The van der Waals surface area contributed by atoms with Gasteiger partial charge in [-0.2, -0.15) is 5.10 Å². The Balaban J connectivity index is 2.08. The van der Waals surface area contributed by atoms with Crippen LogP contribution in [0.15, 0.2) is 71.4 Å². The van der Waals surface area contributed by atoms with Crippen LogP contribution in [0.5, 0.6) is 0 Å². The lowest BCUT2D eigenvalue weighted by Gasteiger charge is -2.46. The Morgan fingerprint density at radius 3 is 2.25 bits per heavy atom. The molecule has 0 saturated carbocycles. The Morgan fingerprint density at radius 2 is 1.75 bits per heavy atom. The number of aliphatic hydroxyl groups excluding tert-OH is 1. The van der Waals surface area contributed by atoms with Gasteiger partial charge in [0.15, 0.2) is 6.23 Å². The van der Waals surface area contributed by atoms with Crippen LogP contribution in [0, 0.1) is 12.8 Å². The third-order valence-electron chi connectivity index (χ3n) is 7.50. The summed E-state index contributed by atoms with van der Waals surface area (Å²) in [5.41, 5.74) is 4.25. The molecule has 1 atom stereocenters. The number of hydrogen-bond acceptors (Lipinski definition) is 6. The topological polar surface area (TPSA) is 71.4 Å². The zero-order chi connectivity index (χ0) is 32.8. The van der Waals surface area contributed by atoms with Crippen molar-refractivity contribution in [2.45, 2.75) is 79.9 Å². The first kappa shape index (κ1) is 35.1. The van der Waals surface area contributed by atoms with Crippen molar-refractivity contribution in [2.75, 3.05) is 25.0 Å². The fourth-order valence-corrected chi connectivity index (χ4v) is 5.53. The lowest BCUT2D eigenvalue weighted by atomic mass is 9.99. The molecule has 2 aromatic rings. The maximum Gasteiger partial charge on any atom is 0.270 e. The van der Waals surface area contributed by atoms with Crippen LogP contribution in [0.2, 0.25) is 5.02 Å². The summed E-state index contributed by atoms with van der Waals surface area (Å²) in [5, 5.41) is 21.2. The molecule has 2 N–H and O–H groups in total. The third kappa shape index (κ3) is 8.18. The highest BCUT2D eigenvalue weighted by molar-refractivity contribution is 6.33. The number of hydrogen-bond donors (Lipinski definition) is 2. The van der Waals surface area contributed by atoms with E-state index in [1.807, 2.05) is 52.0 Å². The van der Waals surface area contributed by atoms with Crippen LogP contribution in [-0.4, -0.2) is 57.4 Å². The van der Waals surface area contributed by atoms with E-state index in [9.17, 15) is 18.7 Å². The lowest BCUT2D eigenvalue weighted by Crippen LogP contribution is -2.51. The van der Waals surface area contributed by atoms with Gasteiger partial charge in [0.1, 0.15) is 12.4 Å².